The Labute approximate surface area is 177 Å². The zero-order valence-corrected chi connectivity index (χ0v) is 17.5. The summed E-state index contributed by atoms with van der Waals surface area (Å²) in [5, 5.41) is 6.78. The van der Waals surface area contributed by atoms with Crippen LogP contribution in [0.1, 0.15) is 50.6 Å². The number of halogens is 1. The molecule has 2 amide bonds. The van der Waals surface area contributed by atoms with E-state index in [1.165, 1.54) is 5.56 Å². The molecule has 154 valence electrons. The molecule has 6 heteroatoms. The Balaban J connectivity index is 1.58. The summed E-state index contributed by atoms with van der Waals surface area (Å²) >= 11 is 6.42. The van der Waals surface area contributed by atoms with E-state index in [1.807, 2.05) is 30.3 Å². The van der Waals surface area contributed by atoms with Gasteiger partial charge in [-0.1, -0.05) is 54.8 Å². The lowest BCUT2D eigenvalue weighted by atomic mass is 10.1. The van der Waals surface area contributed by atoms with E-state index in [-0.39, 0.29) is 24.4 Å². The molecule has 1 heterocycles. The van der Waals surface area contributed by atoms with Crippen molar-refractivity contribution in [2.75, 3.05) is 23.7 Å². The summed E-state index contributed by atoms with van der Waals surface area (Å²) in [6, 6.07) is 15.6. The van der Waals surface area contributed by atoms with Crippen molar-refractivity contribution in [2.45, 2.75) is 45.1 Å². The van der Waals surface area contributed by atoms with Crippen LogP contribution < -0.4 is 10.6 Å². The van der Waals surface area contributed by atoms with Crippen molar-refractivity contribution >= 4 is 34.8 Å². The fourth-order valence-corrected chi connectivity index (χ4v) is 3.76. The normalized spacial score (nSPS) is 15.9. The first kappa shape index (κ1) is 21.2. The second-order valence-corrected chi connectivity index (χ2v) is 7.91. The highest BCUT2D eigenvalue weighted by atomic mass is 35.5. The lowest BCUT2D eigenvalue weighted by Gasteiger charge is -2.24. The van der Waals surface area contributed by atoms with Gasteiger partial charge < -0.3 is 15.5 Å². The predicted octanol–water partition coefficient (Wildman–Crippen LogP) is 5.24. The van der Waals surface area contributed by atoms with E-state index in [1.54, 1.807) is 11.0 Å². The van der Waals surface area contributed by atoms with Crippen LogP contribution in [-0.4, -0.2) is 29.8 Å². The molecule has 5 nitrogen and oxygen atoms in total. The number of carbonyl (C=O) groups excluding carboxylic acids is 2. The third-order valence-electron chi connectivity index (χ3n) is 5.18. The maximum absolute atomic E-state index is 12.4. The zero-order chi connectivity index (χ0) is 20.6. The number of rotatable bonds is 6. The Hall–Kier alpha value is -2.53. The fraction of sp³-hybridized carbons (Fsp3) is 0.391. The van der Waals surface area contributed by atoms with Crippen LogP contribution in [0, 0.1) is 0 Å². The average molecular weight is 414 g/mol. The maximum atomic E-state index is 12.4. The molecule has 1 atom stereocenters. The van der Waals surface area contributed by atoms with E-state index >= 15 is 0 Å². The molecule has 29 heavy (non-hydrogen) atoms. The minimum Gasteiger partial charge on any atom is -0.377 e. The van der Waals surface area contributed by atoms with E-state index in [9.17, 15) is 9.59 Å². The van der Waals surface area contributed by atoms with Crippen molar-refractivity contribution in [1.29, 1.82) is 0 Å². The summed E-state index contributed by atoms with van der Waals surface area (Å²) in [6.07, 6.45) is 4.58. The van der Waals surface area contributed by atoms with Gasteiger partial charge in [0.05, 0.1) is 17.3 Å². The van der Waals surface area contributed by atoms with Gasteiger partial charge in [0, 0.05) is 24.7 Å². The molecule has 0 aliphatic carbocycles. The molecular weight excluding hydrogens is 386 g/mol. The van der Waals surface area contributed by atoms with Gasteiger partial charge in [-0.25, -0.2) is 0 Å². The molecule has 0 saturated carbocycles. The number of hydrogen-bond acceptors (Lipinski definition) is 3. The predicted molar refractivity (Wildman–Crippen MR) is 118 cm³/mol. The number of likely N-dealkylation sites (tertiary alicyclic amines) is 1. The summed E-state index contributed by atoms with van der Waals surface area (Å²) in [5.74, 6) is -0.138. The van der Waals surface area contributed by atoms with Crippen LogP contribution >= 0.6 is 11.6 Å². The molecular formula is C23H28ClN3O2. The molecule has 2 N–H and O–H groups in total. The molecule has 0 radical (unpaired) electrons. The van der Waals surface area contributed by atoms with Crippen molar-refractivity contribution in [1.82, 2.24) is 4.90 Å². The van der Waals surface area contributed by atoms with E-state index in [0.717, 1.165) is 31.4 Å². The van der Waals surface area contributed by atoms with E-state index in [0.29, 0.717) is 23.7 Å². The van der Waals surface area contributed by atoms with Gasteiger partial charge in [-0.15, -0.1) is 0 Å². The number of nitrogens with one attached hydrogen (secondary N) is 2. The van der Waals surface area contributed by atoms with Crippen molar-refractivity contribution in [3.63, 3.8) is 0 Å². The number of hydrogen-bond donors (Lipinski definition) is 2. The minimum absolute atomic E-state index is 0.0623. The Morgan fingerprint density at radius 1 is 1.10 bits per heavy atom. The largest absolute Gasteiger partial charge is 0.377 e. The van der Waals surface area contributed by atoms with Gasteiger partial charge in [0.1, 0.15) is 0 Å². The van der Waals surface area contributed by atoms with Crippen molar-refractivity contribution in [3.05, 3.63) is 59.1 Å². The molecule has 3 rings (SSSR count). The third kappa shape index (κ3) is 6.23. The van der Waals surface area contributed by atoms with Gasteiger partial charge in [-0.05, 0) is 43.5 Å². The summed E-state index contributed by atoms with van der Waals surface area (Å²) in [4.78, 5) is 26.3. The third-order valence-corrected chi connectivity index (χ3v) is 5.49. The first-order valence-electron chi connectivity index (χ1n) is 10.2. The first-order valence-corrected chi connectivity index (χ1v) is 10.6. The van der Waals surface area contributed by atoms with Crippen molar-refractivity contribution < 1.29 is 9.59 Å². The molecule has 1 aliphatic rings. The first-order chi connectivity index (χ1) is 14.0. The molecule has 1 aliphatic heterocycles. The number of carbonyl (C=O) groups is 2. The van der Waals surface area contributed by atoms with E-state index < -0.39 is 0 Å². The summed E-state index contributed by atoms with van der Waals surface area (Å²) in [7, 11) is 0. The molecule has 0 aromatic heterocycles. The quantitative estimate of drug-likeness (QED) is 0.680. The maximum Gasteiger partial charge on any atom is 0.243 e. The summed E-state index contributed by atoms with van der Waals surface area (Å²) in [6.45, 7) is 2.80. The number of nitrogens with zero attached hydrogens (tertiary/aromatic N) is 1. The van der Waals surface area contributed by atoms with Crippen molar-refractivity contribution in [3.8, 4) is 0 Å². The Morgan fingerprint density at radius 2 is 1.86 bits per heavy atom. The Bertz CT molecular complexity index is 841. The van der Waals surface area contributed by atoms with Crippen LogP contribution in [-0.2, 0) is 9.59 Å². The molecule has 2 aromatic rings. The lowest BCUT2D eigenvalue weighted by Crippen LogP contribution is -2.39. The Kier molecular flexibility index (Phi) is 7.53. The minimum atomic E-state index is -0.201. The average Bonchev–Trinajstić information content (AvgIpc) is 2.70. The van der Waals surface area contributed by atoms with Gasteiger partial charge >= 0.3 is 0 Å². The number of anilines is 2. The number of amides is 2. The van der Waals surface area contributed by atoms with Gasteiger partial charge in [-0.2, -0.15) is 0 Å². The van der Waals surface area contributed by atoms with Crippen LogP contribution in [0.25, 0.3) is 0 Å². The van der Waals surface area contributed by atoms with Crippen LogP contribution in [0.2, 0.25) is 5.02 Å². The van der Waals surface area contributed by atoms with Crippen LogP contribution in [0.4, 0.5) is 11.4 Å². The highest BCUT2D eigenvalue weighted by Crippen LogP contribution is 2.29. The summed E-state index contributed by atoms with van der Waals surface area (Å²) in [5.41, 5.74) is 2.59. The second kappa shape index (κ2) is 10.3. The summed E-state index contributed by atoms with van der Waals surface area (Å²) < 4.78 is 0. The Morgan fingerprint density at radius 3 is 2.62 bits per heavy atom. The van der Waals surface area contributed by atoms with Gasteiger partial charge in [0.2, 0.25) is 11.8 Å². The standard InChI is InChI=1S/C23H28ClN3O2/c1-17(18-9-5-4-6-10-18)25-21-13-12-19(15-20(21)24)26-22(28)16-27-14-8-3-2-7-11-23(27)29/h4-6,9-10,12-13,15,17,25H,2-3,7-8,11,14,16H2,1H3,(H,26,28). The monoisotopic (exact) mass is 413 g/mol. The van der Waals surface area contributed by atoms with Gasteiger partial charge in [0.15, 0.2) is 0 Å². The van der Waals surface area contributed by atoms with E-state index in [2.05, 4.69) is 29.7 Å². The topological polar surface area (TPSA) is 61.4 Å². The highest BCUT2D eigenvalue weighted by Gasteiger charge is 2.18. The lowest BCUT2D eigenvalue weighted by molar-refractivity contribution is -0.135. The zero-order valence-electron chi connectivity index (χ0n) is 16.8. The molecule has 0 spiro atoms. The smallest absolute Gasteiger partial charge is 0.243 e. The second-order valence-electron chi connectivity index (χ2n) is 7.50. The molecule has 1 unspecified atom stereocenters. The van der Waals surface area contributed by atoms with Crippen LogP contribution in [0.3, 0.4) is 0 Å². The highest BCUT2D eigenvalue weighted by molar-refractivity contribution is 6.33. The molecule has 0 bridgehead atoms. The van der Waals surface area contributed by atoms with Crippen molar-refractivity contribution in [2.24, 2.45) is 0 Å². The molecule has 1 saturated heterocycles. The van der Waals surface area contributed by atoms with Crippen LogP contribution in [0.15, 0.2) is 48.5 Å². The molecule has 1 fully saturated rings. The SMILES string of the molecule is CC(Nc1ccc(NC(=O)CN2CCCCCCC2=O)cc1Cl)c1ccccc1. The van der Waals surface area contributed by atoms with Gasteiger partial charge in [0.25, 0.3) is 0 Å². The van der Waals surface area contributed by atoms with Crippen LogP contribution in [0.5, 0.6) is 0 Å². The number of benzene rings is 2. The fourth-order valence-electron chi connectivity index (χ4n) is 3.52. The van der Waals surface area contributed by atoms with E-state index in [4.69, 9.17) is 11.6 Å². The molecule has 2 aromatic carbocycles. The van der Waals surface area contributed by atoms with Gasteiger partial charge in [-0.3, -0.25) is 9.59 Å².